The fourth-order valence-corrected chi connectivity index (χ4v) is 7.36. The molecule has 0 unspecified atom stereocenters. The smallest absolute Gasteiger partial charge is 0.303 e. The third-order valence-corrected chi connectivity index (χ3v) is 9.73. The van der Waals surface area contributed by atoms with Gasteiger partial charge < -0.3 is 10.8 Å². The molecule has 1 fully saturated rings. The Hall–Kier alpha value is -2.39. The normalized spacial score (nSPS) is 17.0. The predicted octanol–water partition coefficient (Wildman–Crippen LogP) is 9.89. The highest BCUT2D eigenvalue weighted by molar-refractivity contribution is 5.67. The van der Waals surface area contributed by atoms with Crippen LogP contribution in [0.15, 0.2) is 72.8 Å². The van der Waals surface area contributed by atoms with E-state index in [0.717, 1.165) is 38.5 Å². The van der Waals surface area contributed by atoms with Crippen molar-refractivity contribution in [1.29, 1.82) is 0 Å². The van der Waals surface area contributed by atoms with Gasteiger partial charge in [0.2, 0.25) is 0 Å². The standard InChI is InChI=1S/C38H57NO2/c1-2-3-4-5-6-7-10-19-33(23-22-32-17-11-8-12-18-32)24-25-34(26-29-39)35(30-37(40)41)31-38(27-15-16-28-38)36-20-13-9-14-21-36/h7-14,17-18,20-21,33-35H,2-6,15-16,19,22-31,39H2,1H3,(H,40,41)/t33-,34+,35+/m0/s1. The lowest BCUT2D eigenvalue weighted by Gasteiger charge is -2.37. The van der Waals surface area contributed by atoms with Gasteiger partial charge in [-0.25, -0.2) is 0 Å². The molecule has 2 aromatic carbocycles. The van der Waals surface area contributed by atoms with Crippen LogP contribution in [0.2, 0.25) is 0 Å². The van der Waals surface area contributed by atoms with E-state index < -0.39 is 5.97 Å². The van der Waals surface area contributed by atoms with Gasteiger partial charge in [-0.15, -0.1) is 0 Å². The number of carboxylic acid groups (broad SMARTS) is 1. The van der Waals surface area contributed by atoms with Crippen molar-refractivity contribution in [2.75, 3.05) is 6.54 Å². The van der Waals surface area contributed by atoms with Crippen LogP contribution in [0, 0.1) is 17.8 Å². The summed E-state index contributed by atoms with van der Waals surface area (Å²) in [7, 11) is 0. The molecule has 3 heteroatoms. The monoisotopic (exact) mass is 559 g/mol. The highest BCUT2D eigenvalue weighted by Gasteiger charge is 2.40. The second kappa shape index (κ2) is 18.9. The third kappa shape index (κ3) is 11.8. The second-order valence-electron chi connectivity index (χ2n) is 12.8. The van der Waals surface area contributed by atoms with Crippen LogP contribution in [0.4, 0.5) is 0 Å². The number of benzene rings is 2. The molecule has 2 aromatic rings. The Bertz CT molecular complexity index is 980. The van der Waals surface area contributed by atoms with Crippen molar-refractivity contribution in [2.24, 2.45) is 23.5 Å². The van der Waals surface area contributed by atoms with Crippen LogP contribution in [0.1, 0.15) is 121 Å². The van der Waals surface area contributed by atoms with Crippen molar-refractivity contribution in [2.45, 2.75) is 121 Å². The molecule has 0 saturated heterocycles. The van der Waals surface area contributed by atoms with Gasteiger partial charge in [0.25, 0.3) is 0 Å². The molecule has 3 N–H and O–H groups in total. The number of rotatable bonds is 21. The highest BCUT2D eigenvalue weighted by Crippen LogP contribution is 2.48. The van der Waals surface area contributed by atoms with Gasteiger partial charge in [-0.1, -0.05) is 112 Å². The van der Waals surface area contributed by atoms with Crippen LogP contribution < -0.4 is 5.73 Å². The van der Waals surface area contributed by atoms with E-state index in [4.69, 9.17) is 5.73 Å². The SMILES string of the molecule is CCCCCCC=CC[C@@H](CCc1ccccc1)CC[C@H](CCN)[C@H](CC(=O)O)CC1(c2ccccc2)CCCC1. The zero-order valence-corrected chi connectivity index (χ0v) is 25.8. The average molecular weight is 560 g/mol. The molecule has 0 spiro atoms. The minimum Gasteiger partial charge on any atom is -0.481 e. The number of carbonyl (C=O) groups is 1. The first kappa shape index (κ1) is 33.1. The van der Waals surface area contributed by atoms with Gasteiger partial charge in [0.05, 0.1) is 0 Å². The average Bonchev–Trinajstić information content (AvgIpc) is 3.47. The largest absolute Gasteiger partial charge is 0.481 e. The van der Waals surface area contributed by atoms with Crippen molar-refractivity contribution in [3.63, 3.8) is 0 Å². The number of hydrogen-bond acceptors (Lipinski definition) is 2. The number of allylic oxidation sites excluding steroid dienone is 2. The van der Waals surface area contributed by atoms with E-state index in [1.165, 1.54) is 75.3 Å². The highest BCUT2D eigenvalue weighted by atomic mass is 16.4. The van der Waals surface area contributed by atoms with E-state index in [1.54, 1.807) is 0 Å². The Balaban J connectivity index is 1.70. The third-order valence-electron chi connectivity index (χ3n) is 9.73. The Kier molecular flexibility index (Phi) is 15.3. The first-order chi connectivity index (χ1) is 20.1. The molecule has 3 atom stereocenters. The number of carboxylic acids is 1. The summed E-state index contributed by atoms with van der Waals surface area (Å²) in [6, 6.07) is 21.8. The molecule has 1 saturated carbocycles. The van der Waals surface area contributed by atoms with E-state index in [9.17, 15) is 9.90 Å². The van der Waals surface area contributed by atoms with Crippen LogP contribution in [-0.2, 0) is 16.6 Å². The zero-order chi connectivity index (χ0) is 29.2. The maximum Gasteiger partial charge on any atom is 0.303 e. The minimum atomic E-state index is -0.662. The summed E-state index contributed by atoms with van der Waals surface area (Å²) in [4.78, 5) is 12.2. The molecular weight excluding hydrogens is 502 g/mol. The number of nitrogens with two attached hydrogens (primary N) is 1. The number of unbranched alkanes of at least 4 members (excludes halogenated alkanes) is 4. The summed E-state index contributed by atoms with van der Waals surface area (Å²) in [5.41, 5.74) is 9.11. The summed E-state index contributed by atoms with van der Waals surface area (Å²) < 4.78 is 0. The Morgan fingerprint density at radius 3 is 2.24 bits per heavy atom. The number of aliphatic carboxylic acids is 1. The molecule has 0 radical (unpaired) electrons. The molecule has 0 aliphatic heterocycles. The van der Waals surface area contributed by atoms with E-state index in [1.807, 2.05) is 0 Å². The van der Waals surface area contributed by atoms with Crippen molar-refractivity contribution < 1.29 is 9.90 Å². The van der Waals surface area contributed by atoms with Crippen LogP contribution in [0.3, 0.4) is 0 Å². The van der Waals surface area contributed by atoms with E-state index >= 15 is 0 Å². The zero-order valence-electron chi connectivity index (χ0n) is 25.8. The summed E-state index contributed by atoms with van der Waals surface area (Å²) in [6.07, 6.45) is 23.8. The van der Waals surface area contributed by atoms with Gasteiger partial charge in [-0.3, -0.25) is 4.79 Å². The summed E-state index contributed by atoms with van der Waals surface area (Å²) in [5, 5.41) is 10.00. The van der Waals surface area contributed by atoms with Crippen molar-refractivity contribution in [3.05, 3.63) is 83.9 Å². The quantitative estimate of drug-likeness (QED) is 0.118. The summed E-state index contributed by atoms with van der Waals surface area (Å²) in [5.74, 6) is 0.472. The molecule has 0 aromatic heterocycles. The maximum atomic E-state index is 12.2. The van der Waals surface area contributed by atoms with E-state index in [-0.39, 0.29) is 17.8 Å². The van der Waals surface area contributed by atoms with Gasteiger partial charge in [0.1, 0.15) is 0 Å². The molecule has 3 nitrogen and oxygen atoms in total. The van der Waals surface area contributed by atoms with Gasteiger partial charge in [-0.05, 0) is 111 Å². The Morgan fingerprint density at radius 2 is 1.59 bits per heavy atom. The molecule has 1 aliphatic carbocycles. The predicted molar refractivity (Wildman–Crippen MR) is 174 cm³/mol. The minimum absolute atomic E-state index is 0.113. The van der Waals surface area contributed by atoms with Crippen LogP contribution in [-0.4, -0.2) is 17.6 Å². The van der Waals surface area contributed by atoms with Gasteiger partial charge in [0.15, 0.2) is 0 Å². The van der Waals surface area contributed by atoms with E-state index in [0.29, 0.717) is 18.4 Å². The lowest BCUT2D eigenvalue weighted by molar-refractivity contribution is -0.138. The molecular formula is C38H57NO2. The van der Waals surface area contributed by atoms with Gasteiger partial charge in [-0.2, -0.15) is 0 Å². The van der Waals surface area contributed by atoms with Crippen molar-refractivity contribution >= 4 is 5.97 Å². The fraction of sp³-hybridized carbons (Fsp3) is 0.605. The number of aryl methyl sites for hydroxylation is 1. The maximum absolute atomic E-state index is 12.2. The Morgan fingerprint density at radius 1 is 0.878 bits per heavy atom. The lowest BCUT2D eigenvalue weighted by Crippen LogP contribution is -2.31. The molecule has 41 heavy (non-hydrogen) atoms. The number of hydrogen-bond donors (Lipinski definition) is 2. The van der Waals surface area contributed by atoms with Gasteiger partial charge in [0, 0.05) is 6.42 Å². The van der Waals surface area contributed by atoms with Crippen LogP contribution >= 0.6 is 0 Å². The molecule has 1 aliphatic rings. The molecule has 226 valence electrons. The van der Waals surface area contributed by atoms with E-state index in [2.05, 4.69) is 79.7 Å². The van der Waals surface area contributed by atoms with Crippen molar-refractivity contribution in [1.82, 2.24) is 0 Å². The van der Waals surface area contributed by atoms with Crippen LogP contribution in [0.25, 0.3) is 0 Å². The lowest BCUT2D eigenvalue weighted by atomic mass is 9.67. The first-order valence-corrected chi connectivity index (χ1v) is 16.7. The summed E-state index contributed by atoms with van der Waals surface area (Å²) in [6.45, 7) is 2.90. The Labute approximate surface area is 251 Å². The fourth-order valence-electron chi connectivity index (χ4n) is 7.36. The first-order valence-electron chi connectivity index (χ1n) is 16.7. The molecule has 0 heterocycles. The second-order valence-corrected chi connectivity index (χ2v) is 12.8. The molecule has 0 bridgehead atoms. The van der Waals surface area contributed by atoms with Crippen molar-refractivity contribution in [3.8, 4) is 0 Å². The van der Waals surface area contributed by atoms with Crippen LogP contribution in [0.5, 0.6) is 0 Å². The topological polar surface area (TPSA) is 63.3 Å². The molecule has 0 amide bonds. The summed E-state index contributed by atoms with van der Waals surface area (Å²) >= 11 is 0. The molecule has 3 rings (SSSR count). The van der Waals surface area contributed by atoms with Gasteiger partial charge >= 0.3 is 5.97 Å².